The van der Waals surface area contributed by atoms with Gasteiger partial charge in [0, 0.05) is 11.6 Å². The van der Waals surface area contributed by atoms with Crippen molar-refractivity contribution in [2.75, 3.05) is 5.32 Å². The molecular weight excluding hydrogens is 395 g/mol. The maximum absolute atomic E-state index is 12.7. The van der Waals surface area contributed by atoms with Gasteiger partial charge in [-0.1, -0.05) is 18.2 Å². The number of nitrogens with zero attached hydrogens (tertiary/aromatic N) is 2. The molecule has 2 aromatic heterocycles. The number of thiazole rings is 1. The van der Waals surface area contributed by atoms with E-state index in [0.29, 0.717) is 5.13 Å². The van der Waals surface area contributed by atoms with Crippen molar-refractivity contribution in [1.82, 2.24) is 9.97 Å². The molecule has 4 aromatic rings. The first-order valence-electron chi connectivity index (χ1n) is 7.86. The zero-order chi connectivity index (χ0) is 19.7. The Morgan fingerprint density at radius 1 is 1.14 bits per heavy atom. The molecule has 28 heavy (non-hydrogen) atoms. The van der Waals surface area contributed by atoms with Gasteiger partial charge in [0.15, 0.2) is 10.7 Å². The van der Waals surface area contributed by atoms with Gasteiger partial charge in [-0.3, -0.25) is 10.1 Å². The van der Waals surface area contributed by atoms with Crippen LogP contribution in [0.25, 0.3) is 22.6 Å². The molecular formula is C18H10F3N3O3S. The Hall–Kier alpha value is -3.40. The summed E-state index contributed by atoms with van der Waals surface area (Å²) in [6, 6.07) is 10.2. The van der Waals surface area contributed by atoms with E-state index < -0.39 is 18.0 Å². The minimum atomic E-state index is -4.86. The van der Waals surface area contributed by atoms with E-state index in [-0.39, 0.29) is 28.1 Å². The lowest BCUT2D eigenvalue weighted by molar-refractivity contribution is -0.274. The van der Waals surface area contributed by atoms with Crippen molar-refractivity contribution in [2.45, 2.75) is 6.36 Å². The Labute approximate surface area is 159 Å². The van der Waals surface area contributed by atoms with Gasteiger partial charge in [0.1, 0.15) is 11.3 Å². The molecule has 10 heteroatoms. The molecule has 2 heterocycles. The standard InChI is InChI=1S/C18H10F3N3O3S/c19-18(20,21)27-12-6-2-1-4-10(12)16-23-14-11(5-3-7-13(14)26-16)15(25)24-17-22-8-9-28-17/h1-9H,(H,22,24,25). The minimum Gasteiger partial charge on any atom is -0.436 e. The summed E-state index contributed by atoms with van der Waals surface area (Å²) >= 11 is 1.25. The van der Waals surface area contributed by atoms with Gasteiger partial charge in [-0.2, -0.15) is 0 Å². The van der Waals surface area contributed by atoms with Crippen molar-refractivity contribution >= 4 is 33.5 Å². The summed E-state index contributed by atoms with van der Waals surface area (Å²) in [5, 5.41) is 4.76. The number of nitrogens with one attached hydrogen (secondary N) is 1. The number of ether oxygens (including phenoxy) is 1. The van der Waals surface area contributed by atoms with Gasteiger partial charge in [0.2, 0.25) is 5.89 Å². The molecule has 0 aliphatic carbocycles. The number of halogens is 3. The summed E-state index contributed by atoms with van der Waals surface area (Å²) in [7, 11) is 0. The lowest BCUT2D eigenvalue weighted by Crippen LogP contribution is -2.17. The number of para-hydroxylation sites is 2. The van der Waals surface area contributed by atoms with Crippen LogP contribution in [0.2, 0.25) is 0 Å². The number of benzene rings is 2. The second-order valence-corrected chi connectivity index (χ2v) is 6.40. The highest BCUT2D eigenvalue weighted by Gasteiger charge is 2.32. The summed E-state index contributed by atoms with van der Waals surface area (Å²) in [5.41, 5.74) is 0.691. The van der Waals surface area contributed by atoms with Gasteiger partial charge >= 0.3 is 6.36 Å². The fourth-order valence-corrected chi connectivity index (χ4v) is 3.08. The van der Waals surface area contributed by atoms with E-state index in [1.54, 1.807) is 23.7 Å². The third kappa shape index (κ3) is 3.67. The van der Waals surface area contributed by atoms with Crippen LogP contribution in [0.4, 0.5) is 18.3 Å². The highest BCUT2D eigenvalue weighted by Crippen LogP contribution is 2.35. The van der Waals surface area contributed by atoms with Crippen LogP contribution in [-0.2, 0) is 0 Å². The summed E-state index contributed by atoms with van der Waals surface area (Å²) < 4.78 is 47.6. The second kappa shape index (κ2) is 6.97. The highest BCUT2D eigenvalue weighted by molar-refractivity contribution is 7.13. The number of aromatic nitrogens is 2. The van der Waals surface area contributed by atoms with Gasteiger partial charge in [-0.15, -0.1) is 24.5 Å². The quantitative estimate of drug-likeness (QED) is 0.511. The molecule has 0 aliphatic rings. The van der Waals surface area contributed by atoms with E-state index in [1.807, 2.05) is 0 Å². The molecule has 1 N–H and O–H groups in total. The first-order chi connectivity index (χ1) is 13.4. The fourth-order valence-electron chi connectivity index (χ4n) is 2.55. The molecule has 4 rings (SSSR count). The minimum absolute atomic E-state index is 0.0160. The maximum Gasteiger partial charge on any atom is 0.573 e. The van der Waals surface area contributed by atoms with E-state index in [4.69, 9.17) is 4.42 Å². The topological polar surface area (TPSA) is 77.2 Å². The van der Waals surface area contributed by atoms with Crippen LogP contribution < -0.4 is 10.1 Å². The molecule has 1 amide bonds. The number of hydrogen-bond acceptors (Lipinski definition) is 6. The van der Waals surface area contributed by atoms with Crippen LogP contribution in [0, 0.1) is 0 Å². The zero-order valence-corrected chi connectivity index (χ0v) is 14.7. The predicted octanol–water partition coefficient (Wildman–Crippen LogP) is 5.10. The average Bonchev–Trinajstić information content (AvgIpc) is 3.29. The molecule has 0 aliphatic heterocycles. The summed E-state index contributed by atoms with van der Waals surface area (Å²) in [6.07, 6.45) is -3.31. The number of oxazole rings is 1. The van der Waals surface area contributed by atoms with E-state index in [1.165, 1.54) is 35.6 Å². The van der Waals surface area contributed by atoms with E-state index in [2.05, 4.69) is 20.0 Å². The third-order valence-corrected chi connectivity index (χ3v) is 4.35. The van der Waals surface area contributed by atoms with Gasteiger partial charge in [-0.25, -0.2) is 9.97 Å². The summed E-state index contributed by atoms with van der Waals surface area (Å²) in [4.78, 5) is 20.7. The first-order valence-corrected chi connectivity index (χ1v) is 8.74. The van der Waals surface area contributed by atoms with Gasteiger partial charge in [-0.05, 0) is 24.3 Å². The summed E-state index contributed by atoms with van der Waals surface area (Å²) in [6.45, 7) is 0. The Kier molecular flexibility index (Phi) is 4.47. The van der Waals surface area contributed by atoms with E-state index in [9.17, 15) is 18.0 Å². The predicted molar refractivity (Wildman–Crippen MR) is 96.2 cm³/mol. The number of carbonyl (C=O) groups is 1. The Bertz CT molecular complexity index is 1140. The summed E-state index contributed by atoms with van der Waals surface area (Å²) in [5.74, 6) is -1.00. The normalized spacial score (nSPS) is 11.5. The maximum atomic E-state index is 12.7. The van der Waals surface area contributed by atoms with Crippen molar-refractivity contribution in [3.63, 3.8) is 0 Å². The lowest BCUT2D eigenvalue weighted by Gasteiger charge is -2.11. The number of fused-ring (bicyclic) bond motifs is 1. The van der Waals surface area contributed by atoms with Crippen molar-refractivity contribution in [2.24, 2.45) is 0 Å². The number of anilines is 1. The van der Waals surface area contributed by atoms with Crippen LogP contribution in [0.3, 0.4) is 0 Å². The molecule has 0 atom stereocenters. The molecule has 0 radical (unpaired) electrons. The lowest BCUT2D eigenvalue weighted by atomic mass is 10.2. The van der Waals surface area contributed by atoms with Crippen molar-refractivity contribution in [1.29, 1.82) is 0 Å². The van der Waals surface area contributed by atoms with Crippen molar-refractivity contribution in [3.05, 3.63) is 59.6 Å². The highest BCUT2D eigenvalue weighted by atomic mass is 32.1. The molecule has 0 spiro atoms. The van der Waals surface area contributed by atoms with Crippen LogP contribution >= 0.6 is 11.3 Å². The average molecular weight is 405 g/mol. The van der Waals surface area contributed by atoms with Crippen LogP contribution in [0.5, 0.6) is 5.75 Å². The molecule has 142 valence electrons. The van der Waals surface area contributed by atoms with E-state index >= 15 is 0 Å². The molecule has 0 unspecified atom stereocenters. The first kappa shape index (κ1) is 18.0. The largest absolute Gasteiger partial charge is 0.573 e. The van der Waals surface area contributed by atoms with Crippen molar-refractivity contribution in [3.8, 4) is 17.2 Å². The molecule has 6 nitrogen and oxygen atoms in total. The Morgan fingerprint density at radius 3 is 2.71 bits per heavy atom. The molecule has 0 bridgehead atoms. The molecule has 2 aromatic carbocycles. The fraction of sp³-hybridized carbons (Fsp3) is 0.0556. The number of alkyl halides is 3. The van der Waals surface area contributed by atoms with Gasteiger partial charge in [0.05, 0.1) is 11.1 Å². The monoisotopic (exact) mass is 405 g/mol. The third-order valence-electron chi connectivity index (χ3n) is 3.66. The molecule has 0 saturated carbocycles. The van der Waals surface area contributed by atoms with E-state index in [0.717, 1.165) is 6.07 Å². The molecule has 0 saturated heterocycles. The SMILES string of the molecule is O=C(Nc1nccs1)c1cccc2oc(-c3ccccc3OC(F)(F)F)nc12. The number of amides is 1. The van der Waals surface area contributed by atoms with Crippen molar-refractivity contribution < 1.29 is 27.1 Å². The molecule has 0 fully saturated rings. The van der Waals surface area contributed by atoms with Gasteiger partial charge < -0.3 is 9.15 Å². The van der Waals surface area contributed by atoms with Crippen LogP contribution in [-0.4, -0.2) is 22.2 Å². The van der Waals surface area contributed by atoms with Crippen LogP contribution in [0.15, 0.2) is 58.5 Å². The second-order valence-electron chi connectivity index (χ2n) is 5.51. The number of carbonyl (C=O) groups excluding carboxylic acids is 1. The van der Waals surface area contributed by atoms with Crippen LogP contribution in [0.1, 0.15) is 10.4 Å². The van der Waals surface area contributed by atoms with Gasteiger partial charge in [0.25, 0.3) is 5.91 Å². The zero-order valence-electron chi connectivity index (χ0n) is 13.9. The Morgan fingerprint density at radius 2 is 1.96 bits per heavy atom. The number of hydrogen-bond donors (Lipinski definition) is 1. The smallest absolute Gasteiger partial charge is 0.436 e. The number of rotatable bonds is 4. The Balaban J connectivity index is 1.75.